The summed E-state index contributed by atoms with van der Waals surface area (Å²) in [5, 5.41) is 2.92. The highest BCUT2D eigenvalue weighted by Gasteiger charge is 2.18. The molecule has 0 unspecified atom stereocenters. The van der Waals surface area contributed by atoms with Crippen LogP contribution in [0.15, 0.2) is 48.5 Å². The Morgan fingerprint density at radius 2 is 1.50 bits per heavy atom. The highest BCUT2D eigenvalue weighted by molar-refractivity contribution is 5.81. The summed E-state index contributed by atoms with van der Waals surface area (Å²) in [5.74, 6) is 1.41. The summed E-state index contributed by atoms with van der Waals surface area (Å²) >= 11 is 0. The van der Waals surface area contributed by atoms with Crippen molar-refractivity contribution in [3.63, 3.8) is 0 Å². The Balaban J connectivity index is 1.82. The van der Waals surface area contributed by atoms with Crippen LogP contribution in [-0.2, 0) is 4.79 Å². The van der Waals surface area contributed by atoms with Crippen LogP contribution in [0.1, 0.15) is 25.0 Å². The van der Waals surface area contributed by atoms with Gasteiger partial charge in [-0.2, -0.15) is 0 Å². The molecule has 0 aliphatic rings. The van der Waals surface area contributed by atoms with Crippen LogP contribution < -0.4 is 14.8 Å². The second-order valence-corrected chi connectivity index (χ2v) is 6.01. The maximum atomic E-state index is 12.3. The zero-order valence-corrected chi connectivity index (χ0v) is 14.7. The van der Waals surface area contributed by atoms with Crippen molar-refractivity contribution in [1.29, 1.82) is 0 Å². The van der Waals surface area contributed by atoms with Crippen LogP contribution >= 0.6 is 0 Å². The largest absolute Gasteiger partial charge is 0.491 e. The highest BCUT2D eigenvalue weighted by Crippen LogP contribution is 2.18. The van der Waals surface area contributed by atoms with Gasteiger partial charge in [-0.25, -0.2) is 0 Å². The fourth-order valence-electron chi connectivity index (χ4n) is 2.27. The number of benzene rings is 2. The normalized spacial score (nSPS) is 13.0. The van der Waals surface area contributed by atoms with E-state index in [1.807, 2.05) is 69.3 Å². The first-order valence-electron chi connectivity index (χ1n) is 8.18. The molecule has 0 aliphatic heterocycles. The third-order valence-electron chi connectivity index (χ3n) is 3.74. The summed E-state index contributed by atoms with van der Waals surface area (Å²) < 4.78 is 11.5. The molecule has 0 bridgehead atoms. The zero-order valence-electron chi connectivity index (χ0n) is 14.7. The summed E-state index contributed by atoms with van der Waals surface area (Å²) in [6, 6.07) is 15.4. The van der Waals surface area contributed by atoms with Crippen LogP contribution in [0.2, 0.25) is 0 Å². The lowest BCUT2D eigenvalue weighted by Crippen LogP contribution is -2.43. The lowest BCUT2D eigenvalue weighted by molar-refractivity contribution is -0.128. The molecule has 2 aromatic carbocycles. The Bertz CT molecular complexity index is 684. The standard InChI is InChI=1S/C20H25NO3/c1-14-9-5-7-11-18(14)23-13-16(3)21-20(22)17(4)24-19-12-8-6-10-15(19)2/h5-12,16-17H,13H2,1-4H3,(H,21,22)/t16-,17+/m1/s1. The van der Waals surface area contributed by atoms with Gasteiger partial charge < -0.3 is 14.8 Å². The first-order chi connectivity index (χ1) is 11.5. The SMILES string of the molecule is Cc1ccccc1OC[C@@H](C)NC(=O)[C@H](C)Oc1ccccc1C. The molecule has 0 saturated heterocycles. The number of ether oxygens (including phenoxy) is 2. The van der Waals surface area contributed by atoms with Gasteiger partial charge in [0.05, 0.1) is 6.04 Å². The minimum absolute atomic E-state index is 0.111. The van der Waals surface area contributed by atoms with Gasteiger partial charge in [0.15, 0.2) is 6.10 Å². The number of amides is 1. The molecule has 0 spiro atoms. The maximum absolute atomic E-state index is 12.3. The molecule has 1 N–H and O–H groups in total. The van der Waals surface area contributed by atoms with E-state index in [4.69, 9.17) is 9.47 Å². The Labute approximate surface area is 143 Å². The van der Waals surface area contributed by atoms with E-state index in [0.29, 0.717) is 6.61 Å². The molecule has 0 fully saturated rings. The molecular formula is C20H25NO3. The Morgan fingerprint density at radius 3 is 2.08 bits per heavy atom. The number of carbonyl (C=O) groups excluding carboxylic acids is 1. The van der Waals surface area contributed by atoms with Crippen molar-refractivity contribution in [3.8, 4) is 11.5 Å². The number of rotatable bonds is 7. The van der Waals surface area contributed by atoms with Gasteiger partial charge >= 0.3 is 0 Å². The Hall–Kier alpha value is -2.49. The molecule has 4 heteroatoms. The summed E-state index contributed by atoms with van der Waals surface area (Å²) in [7, 11) is 0. The van der Waals surface area contributed by atoms with Crippen LogP contribution in [0.5, 0.6) is 11.5 Å². The van der Waals surface area contributed by atoms with Crippen LogP contribution in [0.4, 0.5) is 0 Å². The number of hydrogen-bond donors (Lipinski definition) is 1. The van der Waals surface area contributed by atoms with Crippen molar-refractivity contribution in [3.05, 3.63) is 59.7 Å². The highest BCUT2D eigenvalue weighted by atomic mass is 16.5. The fraction of sp³-hybridized carbons (Fsp3) is 0.350. The van der Waals surface area contributed by atoms with E-state index >= 15 is 0 Å². The average Bonchev–Trinajstić information content (AvgIpc) is 2.56. The van der Waals surface area contributed by atoms with Gasteiger partial charge in [0, 0.05) is 0 Å². The quantitative estimate of drug-likeness (QED) is 0.844. The smallest absolute Gasteiger partial charge is 0.261 e. The Kier molecular flexibility index (Phi) is 6.24. The number of para-hydroxylation sites is 2. The number of nitrogens with one attached hydrogen (secondary N) is 1. The molecule has 4 nitrogen and oxygen atoms in total. The molecule has 24 heavy (non-hydrogen) atoms. The van der Waals surface area contributed by atoms with Gasteiger partial charge in [0.25, 0.3) is 5.91 Å². The molecule has 1 amide bonds. The van der Waals surface area contributed by atoms with E-state index in [9.17, 15) is 4.79 Å². The minimum Gasteiger partial charge on any atom is -0.491 e. The molecule has 0 aromatic heterocycles. The third kappa shape index (κ3) is 5.01. The number of hydrogen-bond acceptors (Lipinski definition) is 3. The van der Waals surface area contributed by atoms with Crippen molar-refractivity contribution in [1.82, 2.24) is 5.32 Å². The van der Waals surface area contributed by atoms with Crippen LogP contribution in [0.25, 0.3) is 0 Å². The van der Waals surface area contributed by atoms with Gasteiger partial charge in [-0.15, -0.1) is 0 Å². The number of carbonyl (C=O) groups is 1. The topological polar surface area (TPSA) is 47.6 Å². The van der Waals surface area contributed by atoms with Gasteiger partial charge in [0.2, 0.25) is 0 Å². The lowest BCUT2D eigenvalue weighted by atomic mass is 10.2. The molecule has 0 aliphatic carbocycles. The van der Waals surface area contributed by atoms with Crippen molar-refractivity contribution >= 4 is 5.91 Å². The average molecular weight is 327 g/mol. The van der Waals surface area contributed by atoms with E-state index in [0.717, 1.165) is 22.6 Å². The van der Waals surface area contributed by atoms with Gasteiger partial charge in [-0.3, -0.25) is 4.79 Å². The molecule has 0 radical (unpaired) electrons. The van der Waals surface area contributed by atoms with E-state index in [1.165, 1.54) is 0 Å². The van der Waals surface area contributed by atoms with Crippen molar-refractivity contribution in [2.75, 3.05) is 6.61 Å². The van der Waals surface area contributed by atoms with Crippen molar-refractivity contribution < 1.29 is 14.3 Å². The van der Waals surface area contributed by atoms with Crippen molar-refractivity contribution in [2.24, 2.45) is 0 Å². The van der Waals surface area contributed by atoms with Gasteiger partial charge in [0.1, 0.15) is 18.1 Å². The molecule has 2 rings (SSSR count). The molecule has 0 heterocycles. The van der Waals surface area contributed by atoms with Crippen molar-refractivity contribution in [2.45, 2.75) is 39.8 Å². The second kappa shape index (κ2) is 8.39. The minimum atomic E-state index is -0.563. The predicted molar refractivity (Wildman–Crippen MR) is 95.5 cm³/mol. The maximum Gasteiger partial charge on any atom is 0.261 e. The summed E-state index contributed by atoms with van der Waals surface area (Å²) in [5.41, 5.74) is 2.08. The summed E-state index contributed by atoms with van der Waals surface area (Å²) in [4.78, 5) is 12.3. The van der Waals surface area contributed by atoms with E-state index < -0.39 is 6.10 Å². The molecule has 128 valence electrons. The molecule has 0 saturated carbocycles. The first kappa shape index (κ1) is 17.9. The van der Waals surface area contributed by atoms with Gasteiger partial charge in [-0.1, -0.05) is 36.4 Å². The molecule has 2 aromatic rings. The van der Waals surface area contributed by atoms with E-state index in [2.05, 4.69) is 5.32 Å². The third-order valence-corrected chi connectivity index (χ3v) is 3.74. The first-order valence-corrected chi connectivity index (χ1v) is 8.18. The van der Waals surface area contributed by atoms with Crippen LogP contribution in [0, 0.1) is 13.8 Å². The second-order valence-electron chi connectivity index (χ2n) is 6.01. The van der Waals surface area contributed by atoms with Crippen LogP contribution in [0.3, 0.4) is 0 Å². The summed E-state index contributed by atoms with van der Waals surface area (Å²) in [6.45, 7) is 8.02. The summed E-state index contributed by atoms with van der Waals surface area (Å²) in [6.07, 6.45) is -0.563. The lowest BCUT2D eigenvalue weighted by Gasteiger charge is -2.20. The van der Waals surface area contributed by atoms with Crippen LogP contribution in [-0.4, -0.2) is 24.7 Å². The van der Waals surface area contributed by atoms with E-state index in [1.54, 1.807) is 6.92 Å². The zero-order chi connectivity index (χ0) is 17.5. The van der Waals surface area contributed by atoms with Gasteiger partial charge in [-0.05, 0) is 51.0 Å². The monoisotopic (exact) mass is 327 g/mol. The fourth-order valence-corrected chi connectivity index (χ4v) is 2.27. The molecule has 2 atom stereocenters. The number of aryl methyl sites for hydroxylation is 2. The predicted octanol–water partition coefficient (Wildman–Crippen LogP) is 3.65. The molecular weight excluding hydrogens is 302 g/mol. The Morgan fingerprint density at radius 1 is 0.958 bits per heavy atom. The van der Waals surface area contributed by atoms with E-state index in [-0.39, 0.29) is 11.9 Å².